The smallest absolute Gasteiger partial charge is 0.223 e. The minimum absolute atomic E-state index is 0.00465. The summed E-state index contributed by atoms with van der Waals surface area (Å²) in [4.78, 5) is 51.8. The van der Waals surface area contributed by atoms with Crippen LogP contribution in [0.2, 0.25) is 35.2 Å². The van der Waals surface area contributed by atoms with Gasteiger partial charge in [0.2, 0.25) is 65.6 Å². The molecule has 0 spiro atoms. The van der Waals surface area contributed by atoms with Gasteiger partial charge in [-0.1, -0.05) is 165 Å². The highest BCUT2D eigenvalue weighted by Crippen LogP contribution is 2.31. The minimum atomic E-state index is -0.0363. The van der Waals surface area contributed by atoms with Crippen molar-refractivity contribution in [2.45, 2.75) is 94.0 Å². The molecule has 0 saturated heterocycles. The monoisotopic (exact) mass is 1990 g/mol. The van der Waals surface area contributed by atoms with Crippen LogP contribution in [-0.2, 0) is 0 Å². The summed E-state index contributed by atoms with van der Waals surface area (Å²) in [7, 11) is 6.55. The molecule has 0 aromatic heterocycles. The molecule has 9 rings (SSSR count). The molecule has 0 unspecified atom stereocenters. The first-order valence-corrected chi connectivity index (χ1v) is 43.1. The van der Waals surface area contributed by atoms with Gasteiger partial charge in [-0.15, -0.1) is 0 Å². The Morgan fingerprint density at radius 2 is 0.718 bits per heavy atom. The normalized spacial score (nSPS) is 12.2. The van der Waals surface area contributed by atoms with E-state index in [2.05, 4.69) is 121 Å². The molecule has 0 bridgehead atoms. The SMILES string of the molecule is CC(C)N=C(N)N=C(N)Nc1ccc(Cl)cc1.CC(N)=NC(=N)N(C)C.CCCCN(CCCC)C(N)=NC(C)=N.COc1ccc(N=C(N)N=C(N)Nc2ccc(OC)c(Cl)c2)cc1Cl.Cc1ccc(N=C(N)N=C(N)Nc2ccc(Br)cc2)cc1.Cc1ccc(N=C(N)N=C(N)Nc2ccc(Cl)c(Cl)c2)cc1Cl.Cc1ccc(N=C(N)N=C(N)Nc2ccc(Cl)cc2)cc1. The van der Waals surface area contributed by atoms with Crippen LogP contribution in [0.25, 0.3) is 0 Å². The number of amidine groups is 2. The summed E-state index contributed by atoms with van der Waals surface area (Å²) in [5, 5.41) is 32.5. The molecule has 0 heterocycles. The molecule has 43 heteroatoms. The predicted molar refractivity (Wildman–Crippen MR) is 561 cm³/mol. The minimum Gasteiger partial charge on any atom is -0.495 e. The van der Waals surface area contributed by atoms with Crippen molar-refractivity contribution in [3.05, 3.63) is 250 Å². The van der Waals surface area contributed by atoms with Gasteiger partial charge in [0.15, 0.2) is 5.96 Å². The zero-order chi connectivity index (χ0) is 97.8. The lowest BCUT2D eigenvalue weighted by molar-refractivity contribution is 0.395. The number of ether oxygens (including phenoxy) is 2. The number of hydrogen-bond acceptors (Lipinski definition) is 9. The van der Waals surface area contributed by atoms with Gasteiger partial charge in [-0.3, -0.25) is 10.8 Å². The molecule has 31 N–H and O–H groups in total. The van der Waals surface area contributed by atoms with Crippen LogP contribution in [0, 0.1) is 31.6 Å². The summed E-state index contributed by atoms with van der Waals surface area (Å²) < 4.78 is 11.1. The van der Waals surface area contributed by atoms with E-state index in [4.69, 9.17) is 170 Å². The number of unbranched alkanes of at least 4 members (excludes halogenated alkanes) is 2. The van der Waals surface area contributed by atoms with Crippen LogP contribution in [0.3, 0.4) is 0 Å². The van der Waals surface area contributed by atoms with E-state index >= 15 is 0 Å². The molecule has 0 atom stereocenters. The highest BCUT2D eigenvalue weighted by Gasteiger charge is 2.11. The summed E-state index contributed by atoms with van der Waals surface area (Å²) in [5.74, 6) is 3.40. The van der Waals surface area contributed by atoms with Crippen molar-refractivity contribution >= 4 is 232 Å². The van der Waals surface area contributed by atoms with Gasteiger partial charge < -0.3 is 115 Å². The lowest BCUT2D eigenvalue weighted by Gasteiger charge is -2.23. The number of guanidine groups is 12. The molecule has 0 saturated carbocycles. The lowest BCUT2D eigenvalue weighted by atomic mass is 10.2. The number of aliphatic imine (C=N–C) groups is 12. The molecule has 0 aliphatic carbocycles. The van der Waals surface area contributed by atoms with Crippen molar-refractivity contribution in [2.24, 2.45) is 129 Å². The van der Waals surface area contributed by atoms with Crippen molar-refractivity contribution < 1.29 is 9.47 Å². The largest absolute Gasteiger partial charge is 0.495 e. The van der Waals surface area contributed by atoms with Crippen molar-refractivity contribution in [3.8, 4) is 11.5 Å². The second-order valence-corrected chi connectivity index (χ2v) is 31.5. The number of rotatable bonds is 18. The van der Waals surface area contributed by atoms with Crippen LogP contribution >= 0.6 is 97.1 Å². The zero-order valence-electron chi connectivity index (χ0n) is 74.8. The number of nitrogens with two attached hydrogens (primary N) is 12. The number of benzene rings is 9. The summed E-state index contributed by atoms with van der Waals surface area (Å²) in [6.45, 7) is 19.2. The maximum absolute atomic E-state index is 7.28. The van der Waals surface area contributed by atoms with E-state index in [0.29, 0.717) is 81.2 Å². The van der Waals surface area contributed by atoms with Crippen molar-refractivity contribution in [3.63, 3.8) is 0 Å². The zero-order valence-corrected chi connectivity index (χ0v) is 81.7. The average Bonchev–Trinajstić information content (AvgIpc) is 0.864. The molecule has 0 radical (unpaired) electrons. The van der Waals surface area contributed by atoms with Gasteiger partial charge in [0.25, 0.3) is 0 Å². The number of nitrogens with one attached hydrogen (secondary N) is 7. The van der Waals surface area contributed by atoms with Gasteiger partial charge in [-0.05, 0) is 231 Å². The van der Waals surface area contributed by atoms with Gasteiger partial charge in [-0.2, -0.15) is 25.0 Å². The fourth-order valence-electron chi connectivity index (χ4n) is 9.50. The molecular formula is C88H115BrCl7N33O2. The Kier molecular flexibility index (Phi) is 51.6. The molecule has 9 aromatic carbocycles. The molecule has 131 heavy (non-hydrogen) atoms. The highest BCUT2D eigenvalue weighted by molar-refractivity contribution is 9.10. The van der Waals surface area contributed by atoms with Crippen molar-refractivity contribution in [2.75, 3.05) is 68.0 Å². The topological polar surface area (TPSA) is 593 Å². The Hall–Kier alpha value is -13.3. The first kappa shape index (κ1) is 112. The third-order valence-electron chi connectivity index (χ3n) is 15.7. The quantitative estimate of drug-likeness (QED) is 0.0280. The molecule has 0 amide bonds. The molecule has 0 fully saturated rings. The predicted octanol–water partition coefficient (Wildman–Crippen LogP) is 17.7. The third-order valence-corrected chi connectivity index (χ3v) is 18.5. The first-order chi connectivity index (χ1) is 61.9. The second kappa shape index (κ2) is 60.5. The summed E-state index contributed by atoms with van der Waals surface area (Å²) >= 11 is 44.8. The van der Waals surface area contributed by atoms with E-state index in [1.54, 1.807) is 148 Å². The first-order valence-electron chi connectivity index (χ1n) is 39.7. The Bertz CT molecular complexity index is 5380. The van der Waals surface area contributed by atoms with Gasteiger partial charge in [0, 0.05) is 81.2 Å². The fourth-order valence-corrected chi connectivity index (χ4v) is 11.0. The number of nitrogens with zero attached hydrogens (tertiary/aromatic N) is 14. The molecule has 35 nitrogen and oxygen atoms in total. The van der Waals surface area contributed by atoms with E-state index in [1.807, 2.05) is 113 Å². The molecule has 700 valence electrons. The van der Waals surface area contributed by atoms with Crippen LogP contribution < -0.4 is 105 Å². The maximum atomic E-state index is 7.28. The average molecular weight is 2000 g/mol. The van der Waals surface area contributed by atoms with Crippen molar-refractivity contribution in [1.82, 2.24) is 9.80 Å². The Morgan fingerprint density at radius 1 is 0.389 bits per heavy atom. The maximum Gasteiger partial charge on any atom is 0.223 e. The molecule has 0 aliphatic heterocycles. The number of aryl methyl sites for hydroxylation is 3. The fraction of sp³-hybridized carbons (Fsp3) is 0.227. The summed E-state index contributed by atoms with van der Waals surface area (Å²) in [6.07, 6.45) is 4.55. The Balaban J connectivity index is 0.000000400. The van der Waals surface area contributed by atoms with Crippen LogP contribution in [0.15, 0.2) is 259 Å². The van der Waals surface area contributed by atoms with Crippen LogP contribution in [0.4, 0.5) is 51.2 Å². The Labute approximate surface area is 808 Å². The summed E-state index contributed by atoms with van der Waals surface area (Å²) in [6, 6.07) is 57.5. The molecular weight excluding hydrogens is 1880 g/mol. The third kappa shape index (κ3) is 49.2. The van der Waals surface area contributed by atoms with E-state index in [0.717, 1.165) is 88.4 Å². The highest BCUT2D eigenvalue weighted by atomic mass is 79.9. The van der Waals surface area contributed by atoms with E-state index in [1.165, 1.54) is 14.2 Å². The van der Waals surface area contributed by atoms with E-state index in [9.17, 15) is 0 Å². The van der Waals surface area contributed by atoms with E-state index in [-0.39, 0.29) is 77.4 Å². The number of methoxy groups -OCH3 is 2. The van der Waals surface area contributed by atoms with Crippen LogP contribution in [0.5, 0.6) is 11.5 Å². The summed E-state index contributed by atoms with van der Waals surface area (Å²) in [5.41, 5.74) is 77.9. The van der Waals surface area contributed by atoms with Crippen molar-refractivity contribution in [1.29, 1.82) is 10.8 Å². The van der Waals surface area contributed by atoms with Gasteiger partial charge in [0.1, 0.15) is 17.3 Å². The lowest BCUT2D eigenvalue weighted by Crippen LogP contribution is -2.39. The molecule has 0 aliphatic rings. The van der Waals surface area contributed by atoms with Gasteiger partial charge in [0.05, 0.1) is 62.9 Å². The Morgan fingerprint density at radius 3 is 1.05 bits per heavy atom. The molecule has 9 aromatic rings. The van der Waals surface area contributed by atoms with E-state index < -0.39 is 0 Å². The van der Waals surface area contributed by atoms with Crippen LogP contribution in [-0.4, -0.2) is 140 Å². The number of hydrogen-bond donors (Lipinski definition) is 19. The van der Waals surface area contributed by atoms with Crippen LogP contribution in [0.1, 0.15) is 83.9 Å². The van der Waals surface area contributed by atoms with Gasteiger partial charge >= 0.3 is 0 Å². The standard InChI is InChI=1S/C16H17Cl2N5O2.C15H16BrN5.C15H14Cl3N5.C15H16ClN5.C11H16ClN5.C11H24N4.C5H12N4/c1-24-13-5-3-9(7-11(13)17)21-15(19)23-16(20)22-10-4-6-14(25-2)12(18)8-10;1-10-2-6-12(7-3-10)19-14(17)21-15(18)20-13-8-4-11(16)5-9-13;1-8-2-3-9(6-12(8)17)21-14(19)23-15(20)22-10-4-5-11(16)13(18)7-10;1-10-2-6-12(7-3-10)19-14(17)21-15(18)20-13-8-4-11(16)5-9-13;1-7(2)15-10(13)17-11(14)16-9-5-3-8(12)4-6-9;1-4-6-8-15(9-7-5-2)11(13)14-10(3)12;1-4(6)8-5(7)9(2)3/h3-8H,1-2H3,(H5,19,20,21,22,23);2-9H,1H3,(H5,17,18,19,20,21);2-7H,1H3,(H5,19,20,21,22,23);2-9H,1H3,(H5,17,18,19,20,21);3-7H,1-2H3,(H5,13,14,15,16,17);4-9H2,1-3H3,(H3,12,13,14);1-3H3,(H3,6,7,8). The number of anilines is 5. The number of halogens is 8. The van der Waals surface area contributed by atoms with Gasteiger partial charge in [-0.25, -0.2) is 34.9 Å². The second-order valence-electron chi connectivity index (χ2n) is 27.7.